The van der Waals surface area contributed by atoms with Crippen LogP contribution in [0.25, 0.3) is 22.4 Å². The minimum Gasteiger partial charge on any atom is -0.350 e. The number of fused-ring (bicyclic) bond motifs is 1. The van der Waals surface area contributed by atoms with E-state index < -0.39 is 0 Å². The first kappa shape index (κ1) is 20.5. The molecule has 5 rings (SSSR count). The lowest BCUT2D eigenvalue weighted by Crippen LogP contribution is -2.41. The molecule has 5 heteroatoms. The molecular formula is C27H28N4O. The lowest BCUT2D eigenvalue weighted by Gasteiger charge is -2.32. The number of hydrogen-bond acceptors (Lipinski definition) is 3. The highest BCUT2D eigenvalue weighted by Crippen LogP contribution is 2.35. The summed E-state index contributed by atoms with van der Waals surface area (Å²) in [5, 5.41) is 6.66. The summed E-state index contributed by atoms with van der Waals surface area (Å²) in [5.74, 6) is 1.15. The van der Waals surface area contributed by atoms with Gasteiger partial charge >= 0.3 is 0 Å². The molecule has 5 nitrogen and oxygen atoms in total. The summed E-state index contributed by atoms with van der Waals surface area (Å²) in [4.78, 5) is 18.7. The second-order valence-electron chi connectivity index (χ2n) is 8.40. The molecule has 1 atom stereocenters. The Labute approximate surface area is 188 Å². The van der Waals surface area contributed by atoms with Crippen molar-refractivity contribution in [1.29, 1.82) is 0 Å². The van der Waals surface area contributed by atoms with E-state index in [2.05, 4.69) is 33.4 Å². The van der Waals surface area contributed by atoms with Crippen LogP contribution in [0.4, 0.5) is 0 Å². The minimum atomic E-state index is -0.316. The van der Waals surface area contributed by atoms with Gasteiger partial charge in [0.2, 0.25) is 5.91 Å². The predicted molar refractivity (Wildman–Crippen MR) is 128 cm³/mol. The maximum absolute atomic E-state index is 13.8. The van der Waals surface area contributed by atoms with Crippen LogP contribution in [0.3, 0.4) is 0 Å². The highest BCUT2D eigenvalue weighted by molar-refractivity contribution is 5.87. The number of carbonyl (C=O) groups is 1. The molecule has 1 saturated heterocycles. The summed E-state index contributed by atoms with van der Waals surface area (Å²) >= 11 is 0. The summed E-state index contributed by atoms with van der Waals surface area (Å²) in [6.07, 6.45) is 1.92. The van der Waals surface area contributed by atoms with Crippen LogP contribution in [-0.4, -0.2) is 28.5 Å². The van der Waals surface area contributed by atoms with Crippen molar-refractivity contribution in [2.24, 2.45) is 5.92 Å². The number of benzene rings is 3. The maximum atomic E-state index is 13.8. The van der Waals surface area contributed by atoms with Crippen LogP contribution in [0.2, 0.25) is 0 Å². The molecule has 1 fully saturated rings. The third-order valence-electron chi connectivity index (χ3n) is 6.31. The molecule has 2 heterocycles. The Morgan fingerprint density at radius 2 is 1.59 bits per heavy atom. The molecule has 32 heavy (non-hydrogen) atoms. The smallest absolute Gasteiger partial charge is 0.243 e. The largest absolute Gasteiger partial charge is 0.350 e. The summed E-state index contributed by atoms with van der Waals surface area (Å²) in [6, 6.07) is 28.1. The van der Waals surface area contributed by atoms with Crippen molar-refractivity contribution in [1.82, 2.24) is 20.2 Å². The van der Waals surface area contributed by atoms with Gasteiger partial charge in [-0.2, -0.15) is 0 Å². The molecule has 3 aromatic carbocycles. The maximum Gasteiger partial charge on any atom is 0.243 e. The number of nitrogens with zero attached hydrogens (tertiary/aromatic N) is 2. The highest BCUT2D eigenvalue weighted by atomic mass is 16.2. The van der Waals surface area contributed by atoms with Crippen LogP contribution in [-0.2, 0) is 11.3 Å². The molecule has 0 saturated carbocycles. The van der Waals surface area contributed by atoms with Gasteiger partial charge in [-0.05, 0) is 49.5 Å². The summed E-state index contributed by atoms with van der Waals surface area (Å²) in [7, 11) is 0. The van der Waals surface area contributed by atoms with Gasteiger partial charge in [0.25, 0.3) is 0 Å². The number of amides is 1. The Morgan fingerprint density at radius 3 is 2.34 bits per heavy atom. The fourth-order valence-electron chi connectivity index (χ4n) is 4.71. The summed E-state index contributed by atoms with van der Waals surface area (Å²) in [5.41, 5.74) is 4.05. The number of nitrogens with one attached hydrogen (secondary N) is 2. The van der Waals surface area contributed by atoms with Crippen LogP contribution in [0.1, 0.15) is 24.4 Å². The van der Waals surface area contributed by atoms with Crippen molar-refractivity contribution < 1.29 is 4.79 Å². The van der Waals surface area contributed by atoms with Crippen LogP contribution >= 0.6 is 0 Å². The van der Waals surface area contributed by atoms with Gasteiger partial charge in [-0.15, -0.1) is 0 Å². The van der Waals surface area contributed by atoms with Gasteiger partial charge in [-0.3, -0.25) is 4.79 Å². The molecule has 2 N–H and O–H groups in total. The summed E-state index contributed by atoms with van der Waals surface area (Å²) < 4.78 is 2.18. The van der Waals surface area contributed by atoms with E-state index in [0.717, 1.165) is 53.9 Å². The van der Waals surface area contributed by atoms with Crippen molar-refractivity contribution >= 4 is 16.9 Å². The Morgan fingerprint density at radius 1 is 0.938 bits per heavy atom. The van der Waals surface area contributed by atoms with Crippen molar-refractivity contribution in [2.45, 2.75) is 25.4 Å². The Kier molecular flexibility index (Phi) is 5.99. The average Bonchev–Trinajstić information content (AvgIpc) is 3.24. The molecule has 0 spiro atoms. The second-order valence-corrected chi connectivity index (χ2v) is 8.40. The van der Waals surface area contributed by atoms with E-state index in [-0.39, 0.29) is 17.9 Å². The van der Waals surface area contributed by atoms with E-state index in [4.69, 9.17) is 4.98 Å². The highest BCUT2D eigenvalue weighted by Gasteiger charge is 2.34. The fourth-order valence-corrected chi connectivity index (χ4v) is 4.71. The molecule has 1 aliphatic rings. The van der Waals surface area contributed by atoms with Gasteiger partial charge in [-0.25, -0.2) is 4.98 Å². The van der Waals surface area contributed by atoms with Crippen molar-refractivity contribution in [3.63, 3.8) is 0 Å². The Bertz CT molecular complexity index is 1180. The van der Waals surface area contributed by atoms with Crippen LogP contribution < -0.4 is 10.6 Å². The lowest BCUT2D eigenvalue weighted by atomic mass is 9.89. The average molecular weight is 425 g/mol. The molecule has 1 aromatic heterocycles. The SMILES string of the molecule is O=C(NCc1ccccc1)C(C1CCNCC1)n1c(-c2ccccc2)nc2ccccc21. The van der Waals surface area contributed by atoms with E-state index in [1.807, 2.05) is 66.7 Å². The number of para-hydroxylation sites is 2. The molecule has 0 bridgehead atoms. The molecule has 4 aromatic rings. The van der Waals surface area contributed by atoms with Crippen molar-refractivity contribution in [3.8, 4) is 11.4 Å². The summed E-state index contributed by atoms with van der Waals surface area (Å²) in [6.45, 7) is 2.38. The number of aromatic nitrogens is 2. The zero-order valence-corrected chi connectivity index (χ0v) is 18.1. The first-order valence-corrected chi connectivity index (χ1v) is 11.4. The lowest BCUT2D eigenvalue weighted by molar-refractivity contribution is -0.126. The number of piperidine rings is 1. The van der Waals surface area contributed by atoms with Crippen molar-refractivity contribution in [2.75, 3.05) is 13.1 Å². The number of hydrogen-bond donors (Lipinski definition) is 2. The zero-order chi connectivity index (χ0) is 21.8. The van der Waals surface area contributed by atoms with Gasteiger partial charge < -0.3 is 15.2 Å². The van der Waals surface area contributed by atoms with Gasteiger partial charge in [-0.1, -0.05) is 72.8 Å². The van der Waals surface area contributed by atoms with Gasteiger partial charge in [0.1, 0.15) is 11.9 Å². The molecular weight excluding hydrogens is 396 g/mol. The normalized spacial score (nSPS) is 15.5. The van der Waals surface area contributed by atoms with E-state index >= 15 is 0 Å². The minimum absolute atomic E-state index is 0.0566. The standard InChI is InChI=1S/C27H28N4O/c32-27(29-19-20-9-3-1-4-10-20)25(21-15-17-28-18-16-21)31-24-14-8-7-13-23(24)30-26(31)22-11-5-2-6-12-22/h1-14,21,25,28H,15-19H2,(H,29,32). The van der Waals surface area contributed by atoms with Gasteiger partial charge in [0, 0.05) is 12.1 Å². The third kappa shape index (κ3) is 4.16. The fraction of sp³-hybridized carbons (Fsp3) is 0.259. The molecule has 162 valence electrons. The molecule has 1 amide bonds. The molecule has 0 aliphatic carbocycles. The topological polar surface area (TPSA) is 59.0 Å². The van der Waals surface area contributed by atoms with Gasteiger partial charge in [0.05, 0.1) is 11.0 Å². The number of rotatable bonds is 6. The van der Waals surface area contributed by atoms with Gasteiger partial charge in [0.15, 0.2) is 0 Å². The third-order valence-corrected chi connectivity index (χ3v) is 6.31. The Balaban J connectivity index is 1.58. The molecule has 0 radical (unpaired) electrons. The quantitative estimate of drug-likeness (QED) is 0.477. The first-order chi connectivity index (χ1) is 15.8. The second kappa shape index (κ2) is 9.37. The van der Waals surface area contributed by atoms with Crippen LogP contribution in [0, 0.1) is 5.92 Å². The number of carbonyl (C=O) groups excluding carboxylic acids is 1. The van der Waals surface area contributed by atoms with E-state index in [9.17, 15) is 4.79 Å². The molecule has 1 aliphatic heterocycles. The van der Waals surface area contributed by atoms with E-state index in [1.54, 1.807) is 0 Å². The van der Waals surface area contributed by atoms with E-state index in [1.165, 1.54) is 0 Å². The van der Waals surface area contributed by atoms with Crippen LogP contribution in [0.5, 0.6) is 0 Å². The predicted octanol–water partition coefficient (Wildman–Crippen LogP) is 4.56. The van der Waals surface area contributed by atoms with E-state index in [0.29, 0.717) is 6.54 Å². The molecule has 1 unspecified atom stereocenters. The monoisotopic (exact) mass is 424 g/mol. The van der Waals surface area contributed by atoms with Crippen LogP contribution in [0.15, 0.2) is 84.9 Å². The first-order valence-electron chi connectivity index (χ1n) is 11.4. The number of imidazole rings is 1. The zero-order valence-electron chi connectivity index (χ0n) is 18.1. The van der Waals surface area contributed by atoms with Crippen molar-refractivity contribution in [3.05, 3.63) is 90.5 Å². The Hall–Kier alpha value is -3.44.